The highest BCUT2D eigenvalue weighted by atomic mass is 15.2. The highest BCUT2D eigenvalue weighted by Gasteiger charge is 2.26. The number of nitrogens with one attached hydrogen (secondary N) is 1. The van der Waals surface area contributed by atoms with Crippen molar-refractivity contribution in [1.29, 1.82) is 0 Å². The topological polar surface area (TPSA) is 41.1 Å². The highest BCUT2D eigenvalue weighted by molar-refractivity contribution is 5.49. The summed E-state index contributed by atoms with van der Waals surface area (Å²) >= 11 is 0. The van der Waals surface area contributed by atoms with Crippen molar-refractivity contribution in [1.82, 2.24) is 9.97 Å². The minimum atomic E-state index is 0.475. The van der Waals surface area contributed by atoms with Crippen LogP contribution in [0.2, 0.25) is 0 Å². The predicted molar refractivity (Wildman–Crippen MR) is 76.2 cm³/mol. The number of hydrogen-bond acceptors (Lipinski definition) is 4. The summed E-state index contributed by atoms with van der Waals surface area (Å²) in [4.78, 5) is 11.5. The van der Waals surface area contributed by atoms with Crippen LogP contribution in [0.1, 0.15) is 39.4 Å². The molecule has 1 aliphatic heterocycles. The van der Waals surface area contributed by atoms with Gasteiger partial charge in [0.25, 0.3) is 0 Å². The van der Waals surface area contributed by atoms with Gasteiger partial charge < -0.3 is 10.2 Å². The molecule has 2 heterocycles. The van der Waals surface area contributed by atoms with E-state index >= 15 is 0 Å². The fourth-order valence-corrected chi connectivity index (χ4v) is 2.27. The van der Waals surface area contributed by atoms with Crippen LogP contribution in [0.3, 0.4) is 0 Å². The molecule has 1 aromatic heterocycles. The first-order chi connectivity index (χ1) is 8.54. The van der Waals surface area contributed by atoms with Gasteiger partial charge in [-0.2, -0.15) is 0 Å². The van der Waals surface area contributed by atoms with Gasteiger partial charge in [0.05, 0.1) is 0 Å². The van der Waals surface area contributed by atoms with Crippen molar-refractivity contribution >= 4 is 11.6 Å². The van der Waals surface area contributed by atoms with Gasteiger partial charge >= 0.3 is 0 Å². The van der Waals surface area contributed by atoms with E-state index in [1.54, 1.807) is 0 Å². The molecular weight excluding hydrogens is 224 g/mol. The molecule has 4 heteroatoms. The van der Waals surface area contributed by atoms with Crippen molar-refractivity contribution < 1.29 is 0 Å². The number of piperidine rings is 1. The molecular formula is C14H24N4. The van der Waals surface area contributed by atoms with Crippen molar-refractivity contribution in [3.63, 3.8) is 0 Å². The van der Waals surface area contributed by atoms with Crippen LogP contribution < -0.4 is 10.2 Å². The summed E-state index contributed by atoms with van der Waals surface area (Å²) in [6, 6.07) is 2.05. The minimum Gasteiger partial charge on any atom is -0.373 e. The lowest BCUT2D eigenvalue weighted by Crippen LogP contribution is -2.37. The molecule has 0 atom stereocenters. The molecule has 2 rings (SSSR count). The molecule has 1 aliphatic rings. The van der Waals surface area contributed by atoms with Gasteiger partial charge in [-0.1, -0.05) is 20.8 Å². The third-order valence-electron chi connectivity index (χ3n) is 3.77. The summed E-state index contributed by atoms with van der Waals surface area (Å²) < 4.78 is 0. The standard InChI is InChI=1S/C14H24N4/c1-5-11-16-12(15-4)10-13(17-11)18-8-6-14(2,3)7-9-18/h10H,5-9H2,1-4H3,(H,15,16,17). The molecule has 0 bridgehead atoms. The second-order valence-electron chi connectivity index (χ2n) is 5.78. The quantitative estimate of drug-likeness (QED) is 0.893. The van der Waals surface area contributed by atoms with Crippen molar-refractivity contribution in [2.24, 2.45) is 5.41 Å². The zero-order valence-corrected chi connectivity index (χ0v) is 12.0. The van der Waals surface area contributed by atoms with Crippen molar-refractivity contribution in [3.8, 4) is 0 Å². The fraction of sp³-hybridized carbons (Fsp3) is 0.714. The van der Waals surface area contributed by atoms with Crippen LogP contribution in [0.4, 0.5) is 11.6 Å². The molecule has 1 N–H and O–H groups in total. The molecule has 1 aromatic rings. The molecule has 18 heavy (non-hydrogen) atoms. The summed E-state index contributed by atoms with van der Waals surface area (Å²) in [5, 5.41) is 3.12. The fourth-order valence-electron chi connectivity index (χ4n) is 2.27. The normalized spacial score (nSPS) is 18.8. The molecule has 0 unspecified atom stereocenters. The van der Waals surface area contributed by atoms with Crippen molar-refractivity contribution in [2.75, 3.05) is 30.4 Å². The lowest BCUT2D eigenvalue weighted by molar-refractivity contribution is 0.279. The Balaban J connectivity index is 2.18. The second-order valence-corrected chi connectivity index (χ2v) is 5.78. The minimum absolute atomic E-state index is 0.475. The van der Waals surface area contributed by atoms with Crippen LogP contribution in [0.5, 0.6) is 0 Å². The van der Waals surface area contributed by atoms with E-state index < -0.39 is 0 Å². The maximum absolute atomic E-state index is 4.65. The first-order valence-corrected chi connectivity index (χ1v) is 6.85. The van der Waals surface area contributed by atoms with E-state index in [2.05, 4.69) is 47.0 Å². The van der Waals surface area contributed by atoms with Gasteiger partial charge in [-0.15, -0.1) is 0 Å². The monoisotopic (exact) mass is 248 g/mol. The summed E-state index contributed by atoms with van der Waals surface area (Å²) in [7, 11) is 1.91. The van der Waals surface area contributed by atoms with Crippen LogP contribution in [-0.2, 0) is 6.42 Å². The Morgan fingerprint density at radius 3 is 2.50 bits per heavy atom. The maximum Gasteiger partial charge on any atom is 0.134 e. The van der Waals surface area contributed by atoms with Crippen LogP contribution >= 0.6 is 0 Å². The number of nitrogens with zero attached hydrogens (tertiary/aromatic N) is 3. The van der Waals surface area contributed by atoms with E-state index in [-0.39, 0.29) is 0 Å². The Morgan fingerprint density at radius 2 is 1.94 bits per heavy atom. The largest absolute Gasteiger partial charge is 0.373 e. The molecule has 0 spiro atoms. The number of aromatic nitrogens is 2. The van der Waals surface area contributed by atoms with Gasteiger partial charge in [-0.25, -0.2) is 9.97 Å². The first kappa shape index (κ1) is 13.1. The van der Waals surface area contributed by atoms with E-state index in [0.29, 0.717) is 5.41 Å². The molecule has 100 valence electrons. The second kappa shape index (κ2) is 5.12. The number of aryl methyl sites for hydroxylation is 1. The van der Waals surface area contributed by atoms with E-state index in [4.69, 9.17) is 0 Å². The third kappa shape index (κ3) is 2.92. The Hall–Kier alpha value is -1.32. The van der Waals surface area contributed by atoms with Crippen LogP contribution in [0.15, 0.2) is 6.07 Å². The molecule has 0 aromatic carbocycles. The Kier molecular flexibility index (Phi) is 3.73. The van der Waals surface area contributed by atoms with Crippen LogP contribution in [0, 0.1) is 5.41 Å². The van der Waals surface area contributed by atoms with Gasteiger partial charge in [0.1, 0.15) is 17.5 Å². The molecule has 1 saturated heterocycles. The summed E-state index contributed by atoms with van der Waals surface area (Å²) in [6.45, 7) is 8.98. The SMILES string of the molecule is CCc1nc(NC)cc(N2CCC(C)(C)CC2)n1. The lowest BCUT2D eigenvalue weighted by Gasteiger charge is -2.37. The summed E-state index contributed by atoms with van der Waals surface area (Å²) in [6.07, 6.45) is 3.34. The average Bonchev–Trinajstić information content (AvgIpc) is 2.38. The predicted octanol–water partition coefficient (Wildman–Crippen LogP) is 2.71. The van der Waals surface area contributed by atoms with Gasteiger partial charge in [-0.3, -0.25) is 0 Å². The Labute approximate surface area is 110 Å². The molecule has 4 nitrogen and oxygen atoms in total. The first-order valence-electron chi connectivity index (χ1n) is 6.85. The highest BCUT2D eigenvalue weighted by Crippen LogP contribution is 2.31. The molecule has 0 saturated carbocycles. The summed E-state index contributed by atoms with van der Waals surface area (Å²) in [5.41, 5.74) is 0.475. The summed E-state index contributed by atoms with van der Waals surface area (Å²) in [5.74, 6) is 2.91. The van der Waals surface area contributed by atoms with Gasteiger partial charge in [0.15, 0.2) is 0 Å². The smallest absolute Gasteiger partial charge is 0.134 e. The van der Waals surface area contributed by atoms with Gasteiger partial charge in [0.2, 0.25) is 0 Å². The van der Waals surface area contributed by atoms with Gasteiger partial charge in [-0.05, 0) is 18.3 Å². The van der Waals surface area contributed by atoms with Crippen LogP contribution in [-0.4, -0.2) is 30.1 Å². The molecule has 0 radical (unpaired) electrons. The molecule has 1 fully saturated rings. The third-order valence-corrected chi connectivity index (χ3v) is 3.77. The van der Waals surface area contributed by atoms with Crippen LogP contribution in [0.25, 0.3) is 0 Å². The average molecular weight is 248 g/mol. The van der Waals surface area contributed by atoms with Crippen molar-refractivity contribution in [2.45, 2.75) is 40.0 Å². The zero-order valence-electron chi connectivity index (χ0n) is 12.0. The number of hydrogen-bond donors (Lipinski definition) is 1. The number of rotatable bonds is 3. The molecule has 0 amide bonds. The zero-order chi connectivity index (χ0) is 13.2. The van der Waals surface area contributed by atoms with E-state index in [9.17, 15) is 0 Å². The molecule has 0 aliphatic carbocycles. The Morgan fingerprint density at radius 1 is 1.28 bits per heavy atom. The van der Waals surface area contributed by atoms with Gasteiger partial charge in [0, 0.05) is 32.6 Å². The van der Waals surface area contributed by atoms with E-state index in [1.165, 1.54) is 12.8 Å². The van der Waals surface area contributed by atoms with E-state index in [1.807, 2.05) is 7.05 Å². The van der Waals surface area contributed by atoms with Crippen molar-refractivity contribution in [3.05, 3.63) is 11.9 Å². The van der Waals surface area contributed by atoms with E-state index in [0.717, 1.165) is 37.0 Å². The number of anilines is 2. The lowest BCUT2D eigenvalue weighted by atomic mass is 9.83. The maximum atomic E-state index is 4.65. The Bertz CT molecular complexity index is 382.